The van der Waals surface area contributed by atoms with Crippen molar-refractivity contribution >= 4 is 15.9 Å². The van der Waals surface area contributed by atoms with Gasteiger partial charge in [-0.1, -0.05) is 35.9 Å². The van der Waals surface area contributed by atoms with E-state index in [1.807, 2.05) is 6.92 Å². The van der Waals surface area contributed by atoms with Crippen molar-refractivity contribution < 1.29 is 13.2 Å². The van der Waals surface area contributed by atoms with Gasteiger partial charge in [0.2, 0.25) is 15.9 Å². The summed E-state index contributed by atoms with van der Waals surface area (Å²) in [4.78, 5) is 14.3. The number of amides is 1. The zero-order chi connectivity index (χ0) is 19.5. The number of aryl methyl sites for hydroxylation is 3. The number of nitrogens with zero attached hydrogens (tertiary/aromatic N) is 1. The summed E-state index contributed by atoms with van der Waals surface area (Å²) in [6.45, 7) is 6.03. The van der Waals surface area contributed by atoms with Gasteiger partial charge < -0.3 is 4.90 Å². The molecule has 0 saturated heterocycles. The Balaban J connectivity index is 2.02. The second-order valence-corrected chi connectivity index (χ2v) is 8.29. The quantitative estimate of drug-likeness (QED) is 0.843. The first kappa shape index (κ1) is 20.1. The normalized spacial score (nSPS) is 12.7. The number of nitrogens with two attached hydrogens (primary N) is 1. The molecular weight excluding hydrogens is 348 g/mol. The zero-order valence-electron chi connectivity index (χ0n) is 15.7. The van der Waals surface area contributed by atoms with Gasteiger partial charge in [-0.2, -0.15) is 0 Å². The molecule has 26 heavy (non-hydrogen) atoms. The Morgan fingerprint density at radius 3 is 2.27 bits per heavy atom. The van der Waals surface area contributed by atoms with E-state index >= 15 is 0 Å². The van der Waals surface area contributed by atoms with Crippen LogP contribution in [0.5, 0.6) is 0 Å². The van der Waals surface area contributed by atoms with Gasteiger partial charge in [-0.25, -0.2) is 13.6 Å². The molecule has 2 rings (SSSR count). The highest BCUT2D eigenvalue weighted by Gasteiger charge is 2.18. The lowest BCUT2D eigenvalue weighted by Crippen LogP contribution is -2.29. The van der Waals surface area contributed by atoms with E-state index in [0.717, 1.165) is 5.56 Å². The minimum Gasteiger partial charge on any atom is -0.339 e. The van der Waals surface area contributed by atoms with Gasteiger partial charge in [0.15, 0.2) is 0 Å². The first-order valence-electron chi connectivity index (χ1n) is 8.54. The standard InChI is InChI=1S/C20H26N2O3S/c1-14-5-6-17(15(2)13-14)9-12-20(23)22(4)16(3)18-7-10-19(11-8-18)26(21,24)25/h5-8,10-11,13,16H,9,12H2,1-4H3,(H2,21,24,25). The molecule has 1 unspecified atom stereocenters. The number of hydrogen-bond acceptors (Lipinski definition) is 3. The van der Waals surface area contributed by atoms with Crippen LogP contribution in [-0.2, 0) is 21.2 Å². The van der Waals surface area contributed by atoms with Crippen LogP contribution in [0.3, 0.4) is 0 Å². The van der Waals surface area contributed by atoms with Crippen LogP contribution in [0.1, 0.15) is 41.6 Å². The molecule has 2 aromatic carbocycles. The van der Waals surface area contributed by atoms with Gasteiger partial charge in [0, 0.05) is 13.5 Å². The number of rotatable bonds is 6. The number of sulfonamides is 1. The molecular formula is C20H26N2O3S. The number of hydrogen-bond donors (Lipinski definition) is 1. The molecule has 1 atom stereocenters. The van der Waals surface area contributed by atoms with E-state index in [9.17, 15) is 13.2 Å². The summed E-state index contributed by atoms with van der Waals surface area (Å²) in [5.74, 6) is 0.0491. The van der Waals surface area contributed by atoms with Crippen molar-refractivity contribution in [2.75, 3.05) is 7.05 Å². The summed E-state index contributed by atoms with van der Waals surface area (Å²) in [6, 6.07) is 12.4. The molecule has 5 nitrogen and oxygen atoms in total. The SMILES string of the molecule is Cc1ccc(CCC(=O)N(C)C(C)c2ccc(S(N)(=O)=O)cc2)c(C)c1. The van der Waals surface area contributed by atoms with Crippen LogP contribution in [0, 0.1) is 13.8 Å². The number of carbonyl (C=O) groups is 1. The lowest BCUT2D eigenvalue weighted by Gasteiger charge is -2.25. The Kier molecular flexibility index (Phi) is 6.21. The lowest BCUT2D eigenvalue weighted by atomic mass is 10.0. The average molecular weight is 375 g/mol. The van der Waals surface area contributed by atoms with E-state index in [1.54, 1.807) is 24.1 Å². The van der Waals surface area contributed by atoms with Crippen molar-refractivity contribution in [3.05, 3.63) is 64.7 Å². The predicted molar refractivity (Wildman–Crippen MR) is 103 cm³/mol. The highest BCUT2D eigenvalue weighted by molar-refractivity contribution is 7.89. The van der Waals surface area contributed by atoms with E-state index < -0.39 is 10.0 Å². The summed E-state index contributed by atoms with van der Waals surface area (Å²) in [5.41, 5.74) is 4.46. The fraction of sp³-hybridized carbons (Fsp3) is 0.350. The van der Waals surface area contributed by atoms with Crippen molar-refractivity contribution in [1.82, 2.24) is 4.90 Å². The third kappa shape index (κ3) is 4.93. The first-order chi connectivity index (χ1) is 12.1. The lowest BCUT2D eigenvalue weighted by molar-refractivity contribution is -0.131. The van der Waals surface area contributed by atoms with Crippen LogP contribution in [-0.4, -0.2) is 26.3 Å². The minimum absolute atomic E-state index is 0.0491. The van der Waals surface area contributed by atoms with E-state index in [1.165, 1.54) is 28.8 Å². The van der Waals surface area contributed by atoms with Gasteiger partial charge >= 0.3 is 0 Å². The van der Waals surface area contributed by atoms with E-state index in [4.69, 9.17) is 5.14 Å². The van der Waals surface area contributed by atoms with Crippen LogP contribution < -0.4 is 5.14 Å². The molecule has 0 spiro atoms. The second kappa shape index (κ2) is 8.01. The van der Waals surface area contributed by atoms with Gasteiger partial charge in [0.05, 0.1) is 10.9 Å². The smallest absolute Gasteiger partial charge is 0.238 e. The van der Waals surface area contributed by atoms with E-state index in [2.05, 4.69) is 32.0 Å². The molecule has 0 heterocycles. The van der Waals surface area contributed by atoms with Crippen LogP contribution >= 0.6 is 0 Å². The summed E-state index contributed by atoms with van der Waals surface area (Å²) in [7, 11) is -1.94. The van der Waals surface area contributed by atoms with Gasteiger partial charge in [0.25, 0.3) is 0 Å². The Morgan fingerprint density at radius 1 is 1.12 bits per heavy atom. The fourth-order valence-electron chi connectivity index (χ4n) is 2.92. The monoisotopic (exact) mass is 374 g/mol. The maximum atomic E-state index is 12.5. The minimum atomic E-state index is -3.71. The zero-order valence-corrected chi connectivity index (χ0v) is 16.5. The molecule has 0 saturated carbocycles. The van der Waals surface area contributed by atoms with Crippen LogP contribution in [0.15, 0.2) is 47.4 Å². The van der Waals surface area contributed by atoms with Crippen molar-refractivity contribution in [2.24, 2.45) is 5.14 Å². The molecule has 0 aliphatic heterocycles. The molecule has 0 aromatic heterocycles. The molecule has 2 aromatic rings. The largest absolute Gasteiger partial charge is 0.339 e. The van der Waals surface area contributed by atoms with Crippen molar-refractivity contribution in [3.8, 4) is 0 Å². The van der Waals surface area contributed by atoms with Crippen molar-refractivity contribution in [1.29, 1.82) is 0 Å². The summed E-state index contributed by atoms with van der Waals surface area (Å²) >= 11 is 0. The van der Waals surface area contributed by atoms with Gasteiger partial charge in [-0.05, 0) is 56.0 Å². The highest BCUT2D eigenvalue weighted by Crippen LogP contribution is 2.22. The Hall–Kier alpha value is -2.18. The molecule has 0 fully saturated rings. The van der Waals surface area contributed by atoms with Gasteiger partial charge in [0.1, 0.15) is 0 Å². The molecule has 1 amide bonds. The van der Waals surface area contributed by atoms with Crippen molar-refractivity contribution in [3.63, 3.8) is 0 Å². The average Bonchev–Trinajstić information content (AvgIpc) is 2.58. The Morgan fingerprint density at radius 2 is 1.73 bits per heavy atom. The van der Waals surface area contributed by atoms with E-state index in [0.29, 0.717) is 12.8 Å². The number of primary sulfonamides is 1. The fourth-order valence-corrected chi connectivity index (χ4v) is 3.44. The third-order valence-corrected chi connectivity index (χ3v) is 5.70. The molecule has 6 heteroatoms. The van der Waals surface area contributed by atoms with Gasteiger partial charge in [-0.15, -0.1) is 0 Å². The van der Waals surface area contributed by atoms with E-state index in [-0.39, 0.29) is 16.8 Å². The van der Waals surface area contributed by atoms with Crippen LogP contribution in [0.25, 0.3) is 0 Å². The molecule has 140 valence electrons. The summed E-state index contributed by atoms with van der Waals surface area (Å²) < 4.78 is 22.7. The Labute approximate surface area is 155 Å². The molecule has 2 N–H and O–H groups in total. The summed E-state index contributed by atoms with van der Waals surface area (Å²) in [5, 5.41) is 5.11. The predicted octanol–water partition coefficient (Wildman–Crippen LogP) is 3.10. The van der Waals surface area contributed by atoms with Crippen LogP contribution in [0.2, 0.25) is 0 Å². The topological polar surface area (TPSA) is 80.5 Å². The van der Waals surface area contributed by atoms with Crippen molar-refractivity contribution in [2.45, 2.75) is 44.6 Å². The number of benzene rings is 2. The Bertz CT molecular complexity index is 890. The van der Waals surface area contributed by atoms with Crippen LogP contribution in [0.4, 0.5) is 0 Å². The second-order valence-electron chi connectivity index (χ2n) is 6.72. The molecule has 0 aliphatic rings. The third-order valence-electron chi connectivity index (χ3n) is 4.77. The first-order valence-corrected chi connectivity index (χ1v) is 10.1. The summed E-state index contributed by atoms with van der Waals surface area (Å²) in [6.07, 6.45) is 1.13. The maximum Gasteiger partial charge on any atom is 0.238 e. The maximum absolute atomic E-state index is 12.5. The molecule has 0 aliphatic carbocycles. The molecule has 0 radical (unpaired) electrons. The van der Waals surface area contributed by atoms with Gasteiger partial charge in [-0.3, -0.25) is 4.79 Å². The highest BCUT2D eigenvalue weighted by atomic mass is 32.2. The molecule has 0 bridgehead atoms. The number of carbonyl (C=O) groups excluding carboxylic acids is 1.